The topological polar surface area (TPSA) is 102 Å². The number of carbonyl (C=O) groups excluding carboxylic acids is 1. The van der Waals surface area contributed by atoms with Crippen LogP contribution in [0.4, 0.5) is 0 Å². The highest BCUT2D eigenvalue weighted by atomic mass is 16.5. The molecule has 1 aliphatic rings. The quantitative estimate of drug-likeness (QED) is 0.758. The number of fused-ring (bicyclic) bond motifs is 1. The minimum absolute atomic E-state index is 0.0490. The van der Waals surface area contributed by atoms with Crippen molar-refractivity contribution in [3.05, 3.63) is 35.4 Å². The number of rotatable bonds is 3. The van der Waals surface area contributed by atoms with E-state index in [1.807, 2.05) is 20.0 Å². The lowest BCUT2D eigenvalue weighted by Gasteiger charge is -2.31. The molecule has 0 radical (unpaired) electrons. The fraction of sp³-hybridized carbons (Fsp3) is 0.438. The number of carbonyl (C=O) groups is 1. The van der Waals surface area contributed by atoms with Crippen molar-refractivity contribution in [1.82, 2.24) is 35.1 Å². The first-order valence-electron chi connectivity index (χ1n) is 8.27. The molecule has 3 aromatic rings. The van der Waals surface area contributed by atoms with Crippen LogP contribution in [0.1, 0.15) is 35.0 Å². The van der Waals surface area contributed by atoms with Crippen molar-refractivity contribution >= 4 is 16.9 Å². The number of benzene rings is 1. The average molecular weight is 341 g/mol. The van der Waals surface area contributed by atoms with Gasteiger partial charge in [-0.05, 0) is 18.2 Å². The summed E-state index contributed by atoms with van der Waals surface area (Å²) in [6.45, 7) is 3.43. The number of ether oxygens (including phenoxy) is 1. The predicted octanol–water partition coefficient (Wildman–Crippen LogP) is 0.862. The van der Waals surface area contributed by atoms with E-state index in [2.05, 4.69) is 25.5 Å². The highest BCUT2D eigenvalue weighted by Gasteiger charge is 2.28. The number of H-pyrrole nitrogens is 1. The van der Waals surface area contributed by atoms with Crippen LogP contribution in [0, 0.1) is 0 Å². The maximum atomic E-state index is 12.9. The fourth-order valence-electron chi connectivity index (χ4n) is 2.96. The summed E-state index contributed by atoms with van der Waals surface area (Å²) >= 11 is 0. The van der Waals surface area contributed by atoms with Crippen LogP contribution in [0.25, 0.3) is 11.0 Å². The van der Waals surface area contributed by atoms with Crippen LogP contribution in [-0.2, 0) is 18.2 Å². The molecular formula is C16H19N7O2. The molecule has 25 heavy (non-hydrogen) atoms. The van der Waals surface area contributed by atoms with Gasteiger partial charge in [-0.25, -0.2) is 9.67 Å². The Morgan fingerprint density at radius 1 is 1.44 bits per heavy atom. The summed E-state index contributed by atoms with van der Waals surface area (Å²) in [5, 5.41) is 15.1. The third-order valence-electron chi connectivity index (χ3n) is 4.38. The Bertz CT molecular complexity index is 916. The maximum Gasteiger partial charge on any atom is 0.254 e. The zero-order valence-corrected chi connectivity index (χ0v) is 14.1. The van der Waals surface area contributed by atoms with Crippen LogP contribution in [-0.4, -0.2) is 60.7 Å². The minimum Gasteiger partial charge on any atom is -0.366 e. The van der Waals surface area contributed by atoms with Crippen molar-refractivity contribution < 1.29 is 9.53 Å². The standard InChI is InChI=1S/C16H19N7O2/c1-3-14-17-15(20-19-14)13-9-23(6-7-25-13)16(24)10-4-5-12-11(8-10)18-21-22(12)2/h4-5,8,13H,3,6-7,9H2,1-2H3,(H,17,19,20). The summed E-state index contributed by atoms with van der Waals surface area (Å²) in [5.41, 5.74) is 2.20. The Kier molecular flexibility index (Phi) is 3.92. The minimum atomic E-state index is -0.311. The first kappa shape index (κ1) is 15.7. The van der Waals surface area contributed by atoms with E-state index in [9.17, 15) is 4.79 Å². The molecule has 1 amide bonds. The second-order valence-corrected chi connectivity index (χ2v) is 6.02. The van der Waals surface area contributed by atoms with Crippen molar-refractivity contribution in [2.24, 2.45) is 7.05 Å². The first-order valence-corrected chi connectivity index (χ1v) is 8.27. The molecule has 3 heterocycles. The normalized spacial score (nSPS) is 18.0. The molecule has 0 bridgehead atoms. The Morgan fingerprint density at radius 3 is 3.12 bits per heavy atom. The largest absolute Gasteiger partial charge is 0.366 e. The van der Waals surface area contributed by atoms with Gasteiger partial charge in [0.05, 0.1) is 18.7 Å². The maximum absolute atomic E-state index is 12.9. The highest BCUT2D eigenvalue weighted by molar-refractivity contribution is 5.97. The highest BCUT2D eigenvalue weighted by Crippen LogP contribution is 2.22. The van der Waals surface area contributed by atoms with Gasteiger partial charge in [-0.1, -0.05) is 12.1 Å². The van der Waals surface area contributed by atoms with Crippen molar-refractivity contribution in [2.75, 3.05) is 19.7 Å². The number of aryl methyl sites for hydroxylation is 2. The fourth-order valence-corrected chi connectivity index (χ4v) is 2.96. The lowest BCUT2D eigenvalue weighted by atomic mass is 10.1. The lowest BCUT2D eigenvalue weighted by molar-refractivity contribution is -0.0266. The second-order valence-electron chi connectivity index (χ2n) is 6.02. The Labute approximate surface area is 144 Å². The molecule has 4 rings (SSSR count). The lowest BCUT2D eigenvalue weighted by Crippen LogP contribution is -2.42. The molecular weight excluding hydrogens is 322 g/mol. The molecule has 9 nitrogen and oxygen atoms in total. The van der Waals surface area contributed by atoms with Gasteiger partial charge in [0.2, 0.25) is 0 Å². The summed E-state index contributed by atoms with van der Waals surface area (Å²) < 4.78 is 7.43. The SMILES string of the molecule is CCc1nc(C2CN(C(=O)c3ccc4c(c3)nnn4C)CCO2)n[nH]1. The molecule has 1 unspecified atom stereocenters. The van der Waals surface area contributed by atoms with Crippen molar-refractivity contribution in [3.63, 3.8) is 0 Å². The van der Waals surface area contributed by atoms with Crippen molar-refractivity contribution in [3.8, 4) is 0 Å². The van der Waals surface area contributed by atoms with Crippen LogP contribution in [0.5, 0.6) is 0 Å². The summed E-state index contributed by atoms with van der Waals surface area (Å²) in [4.78, 5) is 19.0. The number of aromatic amines is 1. The van der Waals surface area contributed by atoms with Gasteiger partial charge in [0.15, 0.2) is 5.82 Å². The molecule has 0 spiro atoms. The van der Waals surface area contributed by atoms with E-state index >= 15 is 0 Å². The van der Waals surface area contributed by atoms with Crippen LogP contribution < -0.4 is 0 Å². The van der Waals surface area contributed by atoms with Gasteiger partial charge in [0, 0.05) is 25.6 Å². The molecule has 0 aliphatic carbocycles. The molecule has 0 saturated carbocycles. The van der Waals surface area contributed by atoms with Gasteiger partial charge < -0.3 is 9.64 Å². The molecule has 1 saturated heterocycles. The summed E-state index contributed by atoms with van der Waals surface area (Å²) in [6, 6.07) is 5.45. The van der Waals surface area contributed by atoms with Crippen LogP contribution in [0.2, 0.25) is 0 Å². The second kappa shape index (κ2) is 6.25. The Hall–Kier alpha value is -2.81. The molecule has 2 aromatic heterocycles. The smallest absolute Gasteiger partial charge is 0.254 e. The Balaban J connectivity index is 1.54. The van der Waals surface area contributed by atoms with E-state index < -0.39 is 0 Å². The molecule has 1 atom stereocenters. The zero-order chi connectivity index (χ0) is 17.4. The van der Waals surface area contributed by atoms with Crippen molar-refractivity contribution in [2.45, 2.75) is 19.4 Å². The zero-order valence-electron chi connectivity index (χ0n) is 14.1. The van der Waals surface area contributed by atoms with Crippen LogP contribution in [0.3, 0.4) is 0 Å². The molecule has 130 valence electrons. The summed E-state index contributed by atoms with van der Waals surface area (Å²) in [7, 11) is 1.82. The van der Waals surface area contributed by atoms with Crippen LogP contribution in [0.15, 0.2) is 18.2 Å². The number of amides is 1. The molecule has 1 fully saturated rings. The third-order valence-corrected chi connectivity index (χ3v) is 4.38. The monoisotopic (exact) mass is 341 g/mol. The van der Waals surface area contributed by atoms with E-state index in [0.29, 0.717) is 36.6 Å². The number of hydrogen-bond donors (Lipinski definition) is 1. The van der Waals surface area contributed by atoms with E-state index in [1.54, 1.807) is 21.7 Å². The molecule has 1 N–H and O–H groups in total. The predicted molar refractivity (Wildman–Crippen MR) is 88.9 cm³/mol. The van der Waals surface area contributed by atoms with E-state index in [0.717, 1.165) is 17.8 Å². The number of morpholine rings is 1. The van der Waals surface area contributed by atoms with Gasteiger partial charge in [-0.2, -0.15) is 5.10 Å². The summed E-state index contributed by atoms with van der Waals surface area (Å²) in [6.07, 6.45) is 0.468. The number of aromatic nitrogens is 6. The van der Waals surface area contributed by atoms with Gasteiger partial charge in [0.25, 0.3) is 5.91 Å². The number of nitrogens with zero attached hydrogens (tertiary/aromatic N) is 6. The van der Waals surface area contributed by atoms with E-state index in [1.165, 1.54) is 0 Å². The molecule has 1 aliphatic heterocycles. The summed E-state index contributed by atoms with van der Waals surface area (Å²) in [5.74, 6) is 1.36. The van der Waals surface area contributed by atoms with E-state index in [4.69, 9.17) is 4.74 Å². The number of hydrogen-bond acceptors (Lipinski definition) is 6. The van der Waals surface area contributed by atoms with Gasteiger partial charge in [0.1, 0.15) is 17.4 Å². The molecule has 1 aromatic carbocycles. The van der Waals surface area contributed by atoms with Crippen molar-refractivity contribution in [1.29, 1.82) is 0 Å². The Morgan fingerprint density at radius 2 is 2.32 bits per heavy atom. The van der Waals surface area contributed by atoms with E-state index in [-0.39, 0.29) is 12.0 Å². The van der Waals surface area contributed by atoms with Crippen LogP contribution >= 0.6 is 0 Å². The van der Waals surface area contributed by atoms with Gasteiger partial charge >= 0.3 is 0 Å². The van der Waals surface area contributed by atoms with Gasteiger partial charge in [-0.3, -0.25) is 9.89 Å². The average Bonchev–Trinajstić information content (AvgIpc) is 3.28. The molecule has 9 heteroatoms. The first-order chi connectivity index (χ1) is 12.2. The number of nitrogens with one attached hydrogen (secondary N) is 1. The third kappa shape index (κ3) is 2.86. The van der Waals surface area contributed by atoms with Gasteiger partial charge in [-0.15, -0.1) is 5.10 Å².